The van der Waals surface area contributed by atoms with E-state index in [4.69, 9.17) is 9.47 Å². The Balaban J connectivity index is 4.47. The Hall–Kier alpha value is -1.06. The van der Waals surface area contributed by atoms with Crippen LogP contribution in [0.5, 0.6) is 0 Å². The largest absolute Gasteiger partial charge is 0.461 e. The first-order valence-electron chi connectivity index (χ1n) is 7.95. The van der Waals surface area contributed by atoms with E-state index in [1.807, 2.05) is 55.4 Å². The first-order chi connectivity index (χ1) is 9.56. The minimum absolute atomic E-state index is 0.170. The molecule has 4 nitrogen and oxygen atoms in total. The normalized spacial score (nSPS) is 12.1. The molecule has 0 saturated carbocycles. The van der Waals surface area contributed by atoms with Crippen LogP contribution in [0.15, 0.2) is 0 Å². The Morgan fingerprint density at radius 2 is 0.857 bits per heavy atom. The third-order valence-electron chi connectivity index (χ3n) is 3.45. The number of esters is 2. The van der Waals surface area contributed by atoms with Crippen LogP contribution in [0.2, 0.25) is 0 Å². The number of carbonyl (C=O) groups is 2. The van der Waals surface area contributed by atoms with E-state index in [2.05, 4.69) is 0 Å². The molecule has 0 aliphatic carbocycles. The number of hydrogen-bond donors (Lipinski definition) is 0. The third-order valence-corrected chi connectivity index (χ3v) is 3.45. The zero-order chi connectivity index (χ0) is 16.7. The monoisotopic (exact) mass is 300 g/mol. The van der Waals surface area contributed by atoms with E-state index in [1.165, 1.54) is 0 Å². The fourth-order valence-electron chi connectivity index (χ4n) is 2.59. The summed E-state index contributed by atoms with van der Waals surface area (Å²) >= 11 is 0. The van der Waals surface area contributed by atoms with Crippen LogP contribution >= 0.6 is 0 Å². The topological polar surface area (TPSA) is 52.6 Å². The van der Waals surface area contributed by atoms with Crippen LogP contribution in [-0.2, 0) is 19.1 Å². The standard InChI is InChI=1S/C17H32O4/c1-10(2)16(11(3)4)20-14(18)9-15(19)21-17(12(5)6)13(7)8/h10-13,16-17H,9H2,1-8H3. The van der Waals surface area contributed by atoms with E-state index < -0.39 is 11.9 Å². The summed E-state index contributed by atoms with van der Waals surface area (Å²) in [5.41, 5.74) is 0. The van der Waals surface area contributed by atoms with E-state index in [0.29, 0.717) is 0 Å². The van der Waals surface area contributed by atoms with Crippen molar-refractivity contribution in [2.45, 2.75) is 74.0 Å². The van der Waals surface area contributed by atoms with Crippen LogP contribution < -0.4 is 0 Å². The molecule has 0 aliphatic rings. The van der Waals surface area contributed by atoms with Crippen LogP contribution in [0.4, 0.5) is 0 Å². The second kappa shape index (κ2) is 9.06. The first-order valence-corrected chi connectivity index (χ1v) is 7.95. The van der Waals surface area contributed by atoms with Gasteiger partial charge in [0.1, 0.15) is 18.6 Å². The maximum absolute atomic E-state index is 11.9. The molecule has 0 bridgehead atoms. The molecule has 124 valence electrons. The second-order valence-electron chi connectivity index (χ2n) is 7.06. The molecule has 0 fully saturated rings. The summed E-state index contributed by atoms with van der Waals surface area (Å²) in [5, 5.41) is 0. The molecule has 0 aromatic heterocycles. The van der Waals surface area contributed by atoms with Crippen molar-refractivity contribution in [3.63, 3.8) is 0 Å². The molecular formula is C17H32O4. The molecule has 0 aromatic carbocycles. The predicted molar refractivity (Wildman–Crippen MR) is 83.7 cm³/mol. The number of carbonyl (C=O) groups excluding carboxylic acids is 2. The van der Waals surface area contributed by atoms with Gasteiger partial charge in [-0.1, -0.05) is 55.4 Å². The van der Waals surface area contributed by atoms with Gasteiger partial charge >= 0.3 is 11.9 Å². The summed E-state index contributed by atoms with van der Waals surface area (Å²) in [5.74, 6) is -0.0986. The smallest absolute Gasteiger partial charge is 0.317 e. The molecule has 0 radical (unpaired) electrons. The van der Waals surface area contributed by atoms with Gasteiger partial charge in [-0.2, -0.15) is 0 Å². The van der Waals surface area contributed by atoms with Gasteiger partial charge in [0.05, 0.1) is 0 Å². The highest BCUT2D eigenvalue weighted by atomic mass is 16.6. The first kappa shape index (κ1) is 19.9. The Morgan fingerprint density at radius 1 is 0.619 bits per heavy atom. The minimum atomic E-state index is -0.501. The van der Waals surface area contributed by atoms with Crippen molar-refractivity contribution in [3.8, 4) is 0 Å². The summed E-state index contributed by atoms with van der Waals surface area (Å²) in [6, 6.07) is 0. The zero-order valence-corrected chi connectivity index (χ0v) is 14.8. The molecule has 21 heavy (non-hydrogen) atoms. The number of rotatable bonds is 8. The Bertz CT molecular complexity index is 284. The molecule has 0 N–H and O–H groups in total. The molecule has 0 unspecified atom stereocenters. The molecule has 0 saturated heterocycles. The van der Waals surface area contributed by atoms with Gasteiger partial charge in [0.25, 0.3) is 0 Å². The van der Waals surface area contributed by atoms with Crippen molar-refractivity contribution in [1.82, 2.24) is 0 Å². The molecule has 0 aromatic rings. The van der Waals surface area contributed by atoms with Crippen LogP contribution in [-0.4, -0.2) is 24.1 Å². The second-order valence-corrected chi connectivity index (χ2v) is 7.06. The van der Waals surface area contributed by atoms with Gasteiger partial charge in [-0.3, -0.25) is 9.59 Å². The van der Waals surface area contributed by atoms with Gasteiger partial charge in [0, 0.05) is 0 Å². The average Bonchev–Trinajstić information content (AvgIpc) is 2.31. The quantitative estimate of drug-likeness (QED) is 0.505. The molecule has 0 spiro atoms. The highest BCUT2D eigenvalue weighted by molar-refractivity contribution is 5.91. The maximum Gasteiger partial charge on any atom is 0.317 e. The van der Waals surface area contributed by atoms with Crippen LogP contribution in [0.3, 0.4) is 0 Å². The van der Waals surface area contributed by atoms with Gasteiger partial charge < -0.3 is 9.47 Å². The van der Waals surface area contributed by atoms with Gasteiger partial charge in [-0.05, 0) is 23.7 Å². The number of ether oxygens (including phenoxy) is 2. The van der Waals surface area contributed by atoms with Gasteiger partial charge in [-0.25, -0.2) is 0 Å². The third kappa shape index (κ3) is 7.49. The van der Waals surface area contributed by atoms with Gasteiger partial charge in [0.2, 0.25) is 0 Å². The Morgan fingerprint density at radius 3 is 1.05 bits per heavy atom. The van der Waals surface area contributed by atoms with Gasteiger partial charge in [0.15, 0.2) is 0 Å². The summed E-state index contributed by atoms with van der Waals surface area (Å²) in [6.07, 6.45) is -0.654. The average molecular weight is 300 g/mol. The van der Waals surface area contributed by atoms with E-state index in [-0.39, 0.29) is 42.3 Å². The number of hydrogen-bond acceptors (Lipinski definition) is 4. The van der Waals surface area contributed by atoms with Crippen molar-refractivity contribution >= 4 is 11.9 Å². The molecule has 0 amide bonds. The van der Waals surface area contributed by atoms with Crippen molar-refractivity contribution in [2.75, 3.05) is 0 Å². The molecule has 0 aliphatic heterocycles. The summed E-state index contributed by atoms with van der Waals surface area (Å²) < 4.78 is 10.8. The maximum atomic E-state index is 11.9. The summed E-state index contributed by atoms with van der Waals surface area (Å²) in [6.45, 7) is 16.0. The molecule has 0 rings (SSSR count). The summed E-state index contributed by atoms with van der Waals surface area (Å²) in [7, 11) is 0. The SMILES string of the molecule is CC(C)C(OC(=O)CC(=O)OC(C(C)C)C(C)C)C(C)C. The molecular weight excluding hydrogens is 268 g/mol. The fraction of sp³-hybridized carbons (Fsp3) is 0.882. The van der Waals surface area contributed by atoms with E-state index in [1.54, 1.807) is 0 Å². The van der Waals surface area contributed by atoms with Crippen LogP contribution in [0.1, 0.15) is 61.8 Å². The molecule has 4 heteroatoms. The zero-order valence-electron chi connectivity index (χ0n) is 14.8. The summed E-state index contributed by atoms with van der Waals surface area (Å²) in [4.78, 5) is 23.7. The lowest BCUT2D eigenvalue weighted by molar-refractivity contribution is -0.165. The lowest BCUT2D eigenvalue weighted by Crippen LogP contribution is -2.32. The lowest BCUT2D eigenvalue weighted by Gasteiger charge is -2.26. The van der Waals surface area contributed by atoms with Crippen molar-refractivity contribution in [2.24, 2.45) is 23.7 Å². The highest BCUT2D eigenvalue weighted by Gasteiger charge is 2.26. The van der Waals surface area contributed by atoms with Crippen molar-refractivity contribution < 1.29 is 19.1 Å². The fourth-order valence-corrected chi connectivity index (χ4v) is 2.59. The minimum Gasteiger partial charge on any atom is -0.461 e. The molecule has 0 heterocycles. The predicted octanol–water partition coefficient (Wildman–Crippen LogP) is 3.82. The molecule has 0 atom stereocenters. The Kier molecular flexibility index (Phi) is 8.60. The van der Waals surface area contributed by atoms with Crippen molar-refractivity contribution in [3.05, 3.63) is 0 Å². The van der Waals surface area contributed by atoms with E-state index in [0.717, 1.165) is 0 Å². The lowest BCUT2D eigenvalue weighted by atomic mass is 9.96. The van der Waals surface area contributed by atoms with Crippen LogP contribution in [0, 0.1) is 23.7 Å². The van der Waals surface area contributed by atoms with Crippen LogP contribution in [0.25, 0.3) is 0 Å². The Labute approximate surface area is 129 Å². The van der Waals surface area contributed by atoms with Gasteiger partial charge in [-0.15, -0.1) is 0 Å². The van der Waals surface area contributed by atoms with Crippen molar-refractivity contribution in [1.29, 1.82) is 0 Å². The van der Waals surface area contributed by atoms with E-state index >= 15 is 0 Å². The highest BCUT2D eigenvalue weighted by Crippen LogP contribution is 2.19. The van der Waals surface area contributed by atoms with E-state index in [9.17, 15) is 9.59 Å².